The number of hydrogen-bond donors (Lipinski definition) is 0. The highest BCUT2D eigenvalue weighted by molar-refractivity contribution is 6.99. The maximum atomic E-state index is 13.0. The predicted molar refractivity (Wildman–Crippen MR) is 200 cm³/mol. The van der Waals surface area contributed by atoms with Crippen LogP contribution in [0.3, 0.4) is 0 Å². The highest BCUT2D eigenvalue weighted by atomic mass is 28.4. The first kappa shape index (κ1) is 36.1. The van der Waals surface area contributed by atoms with E-state index in [1.165, 1.54) is 15.9 Å². The number of carbonyl (C=O) groups excluding carboxylic acids is 1. The zero-order valence-corrected chi connectivity index (χ0v) is 30.8. The Kier molecular flexibility index (Phi) is 12.2. The lowest BCUT2D eigenvalue weighted by Crippen LogP contribution is -2.66. The van der Waals surface area contributed by atoms with Gasteiger partial charge in [0.2, 0.25) is 0 Å². The van der Waals surface area contributed by atoms with Crippen molar-refractivity contribution in [3.8, 4) is 5.75 Å². The molecule has 3 atom stereocenters. The minimum absolute atomic E-state index is 0.00807. The fourth-order valence-electron chi connectivity index (χ4n) is 7.00. The third kappa shape index (κ3) is 8.71. The topological polar surface area (TPSA) is 57.2 Å². The second-order valence-corrected chi connectivity index (χ2v) is 18.4. The molecule has 0 saturated carbocycles. The molecule has 0 aromatic heterocycles. The van der Waals surface area contributed by atoms with Crippen molar-refractivity contribution in [2.75, 3.05) is 26.9 Å². The van der Waals surface area contributed by atoms with Crippen LogP contribution in [-0.4, -0.2) is 58.3 Å². The Bertz CT molecular complexity index is 1600. The van der Waals surface area contributed by atoms with Crippen LogP contribution in [0.2, 0.25) is 5.04 Å². The molecule has 0 spiro atoms. The van der Waals surface area contributed by atoms with E-state index in [4.69, 9.17) is 18.6 Å². The third-order valence-electron chi connectivity index (χ3n) is 9.55. The summed E-state index contributed by atoms with van der Waals surface area (Å²) in [5.74, 6) is 0.800. The molecule has 0 aliphatic carbocycles. The SMILES string of the molecule is COc1ccc(CO[C@@H](/C(C)=C/CO[Si](c2ccccc2)(c2ccccc2)C(C)(C)C)[C@H](C)CN2C(=O)OCC2Cc2ccccc2)cc1. The van der Waals surface area contributed by atoms with Crippen LogP contribution in [0.1, 0.15) is 45.7 Å². The van der Waals surface area contributed by atoms with E-state index >= 15 is 0 Å². The molecule has 1 aliphatic rings. The summed E-state index contributed by atoms with van der Waals surface area (Å²) in [4.78, 5) is 14.9. The number of benzene rings is 4. The quantitative estimate of drug-likeness (QED) is 0.0950. The standard InChI is InChI=1S/C42H51NO5Si/c1-32(26-27-48-49(42(3,4)5,38-18-12-8-13-19-38)39-20-14-9-15-21-39)40(46-30-35-22-24-37(45-6)25-23-35)33(2)29-43-36(31-47-41(43)44)28-34-16-10-7-11-17-34/h7-26,33,36,40H,27-31H2,1-6H3/b32-26+/t33-,36?,40+/m1/s1. The lowest BCUT2D eigenvalue weighted by atomic mass is 9.96. The Labute approximate surface area is 293 Å². The van der Waals surface area contributed by atoms with Crippen LogP contribution in [0, 0.1) is 5.92 Å². The van der Waals surface area contributed by atoms with Crippen LogP contribution < -0.4 is 15.1 Å². The fourth-order valence-corrected chi connectivity index (χ4v) is 11.5. The predicted octanol–water partition coefficient (Wildman–Crippen LogP) is 7.80. The smallest absolute Gasteiger partial charge is 0.410 e. The van der Waals surface area contributed by atoms with Crippen molar-refractivity contribution in [3.05, 3.63) is 138 Å². The maximum Gasteiger partial charge on any atom is 0.410 e. The normalized spacial score (nSPS) is 16.7. The summed E-state index contributed by atoms with van der Waals surface area (Å²) in [6, 6.07) is 39.6. The van der Waals surface area contributed by atoms with Crippen molar-refractivity contribution in [2.45, 2.75) is 64.8 Å². The molecular formula is C42H51NO5Si. The van der Waals surface area contributed by atoms with E-state index < -0.39 is 8.32 Å². The van der Waals surface area contributed by atoms with Gasteiger partial charge < -0.3 is 23.5 Å². The number of ether oxygens (including phenoxy) is 3. The van der Waals surface area contributed by atoms with Gasteiger partial charge in [0.25, 0.3) is 8.32 Å². The van der Waals surface area contributed by atoms with Crippen molar-refractivity contribution < 1.29 is 23.4 Å². The van der Waals surface area contributed by atoms with Gasteiger partial charge in [-0.15, -0.1) is 0 Å². The molecule has 1 heterocycles. The highest BCUT2D eigenvalue weighted by Gasteiger charge is 2.50. The number of rotatable bonds is 15. The van der Waals surface area contributed by atoms with E-state index in [2.05, 4.69) is 113 Å². The van der Waals surface area contributed by atoms with Gasteiger partial charge in [-0.3, -0.25) is 0 Å². The molecule has 1 amide bonds. The Morgan fingerprint density at radius 3 is 2.00 bits per heavy atom. The molecule has 6 nitrogen and oxygen atoms in total. The van der Waals surface area contributed by atoms with Gasteiger partial charge in [0, 0.05) is 12.5 Å². The second kappa shape index (κ2) is 16.5. The molecule has 7 heteroatoms. The van der Waals surface area contributed by atoms with Crippen LogP contribution in [0.25, 0.3) is 0 Å². The van der Waals surface area contributed by atoms with Crippen LogP contribution in [-0.2, 0) is 26.9 Å². The number of carbonyl (C=O) groups is 1. The molecule has 0 bridgehead atoms. The molecule has 1 saturated heterocycles. The zero-order valence-electron chi connectivity index (χ0n) is 29.8. The van der Waals surface area contributed by atoms with Crippen molar-refractivity contribution in [1.29, 1.82) is 0 Å². The van der Waals surface area contributed by atoms with Gasteiger partial charge in [0.05, 0.1) is 32.5 Å². The Hall–Kier alpha value is -4.17. The molecule has 1 unspecified atom stereocenters. The summed E-state index contributed by atoms with van der Waals surface area (Å²) in [5, 5.41) is 2.37. The maximum absolute atomic E-state index is 13.0. The lowest BCUT2D eigenvalue weighted by molar-refractivity contribution is 0.0203. The highest BCUT2D eigenvalue weighted by Crippen LogP contribution is 2.37. The fraction of sp³-hybridized carbons (Fsp3) is 0.357. The Balaban J connectivity index is 1.40. The largest absolute Gasteiger partial charge is 0.497 e. The van der Waals surface area contributed by atoms with Gasteiger partial charge in [0.15, 0.2) is 0 Å². The molecule has 4 aromatic carbocycles. The number of cyclic esters (lactones) is 1. The van der Waals surface area contributed by atoms with E-state index in [1.54, 1.807) is 7.11 Å². The average Bonchev–Trinajstić information content (AvgIpc) is 3.45. The summed E-state index contributed by atoms with van der Waals surface area (Å²) in [6.45, 7) is 12.9. The van der Waals surface area contributed by atoms with Gasteiger partial charge in [-0.05, 0) is 57.6 Å². The van der Waals surface area contributed by atoms with Crippen molar-refractivity contribution >= 4 is 24.8 Å². The number of amides is 1. The molecular weight excluding hydrogens is 627 g/mol. The third-order valence-corrected chi connectivity index (χ3v) is 14.6. The molecule has 1 aliphatic heterocycles. The molecule has 1 fully saturated rings. The molecule has 5 rings (SSSR count). The van der Waals surface area contributed by atoms with Gasteiger partial charge in [0.1, 0.15) is 12.4 Å². The van der Waals surface area contributed by atoms with Gasteiger partial charge >= 0.3 is 6.09 Å². The van der Waals surface area contributed by atoms with Gasteiger partial charge in [-0.1, -0.05) is 137 Å². The van der Waals surface area contributed by atoms with Crippen LogP contribution in [0.5, 0.6) is 5.75 Å². The van der Waals surface area contributed by atoms with Crippen molar-refractivity contribution in [3.63, 3.8) is 0 Å². The first-order valence-corrected chi connectivity index (χ1v) is 19.2. The lowest BCUT2D eigenvalue weighted by Gasteiger charge is -2.43. The van der Waals surface area contributed by atoms with Crippen molar-refractivity contribution in [2.24, 2.45) is 5.92 Å². The monoisotopic (exact) mass is 677 g/mol. The Morgan fingerprint density at radius 2 is 1.45 bits per heavy atom. The van der Waals surface area contributed by atoms with E-state index in [-0.39, 0.29) is 29.2 Å². The molecule has 0 radical (unpaired) electrons. The summed E-state index contributed by atoms with van der Waals surface area (Å²) < 4.78 is 24.8. The summed E-state index contributed by atoms with van der Waals surface area (Å²) in [7, 11) is -1.04. The van der Waals surface area contributed by atoms with Crippen molar-refractivity contribution in [1.82, 2.24) is 4.90 Å². The number of hydrogen-bond acceptors (Lipinski definition) is 5. The van der Waals surface area contributed by atoms with Gasteiger partial charge in [-0.25, -0.2) is 4.79 Å². The second-order valence-electron chi connectivity index (χ2n) is 14.1. The summed E-state index contributed by atoms with van der Waals surface area (Å²) in [5.41, 5.74) is 3.32. The number of nitrogens with zero attached hydrogens (tertiary/aromatic N) is 1. The zero-order chi connectivity index (χ0) is 34.9. The number of methoxy groups -OCH3 is 1. The van der Waals surface area contributed by atoms with Crippen LogP contribution in [0.15, 0.2) is 127 Å². The first-order valence-electron chi connectivity index (χ1n) is 17.3. The Morgan fingerprint density at radius 1 is 0.878 bits per heavy atom. The minimum atomic E-state index is -2.71. The van der Waals surface area contributed by atoms with E-state index in [9.17, 15) is 4.79 Å². The molecule has 0 N–H and O–H groups in total. The molecule has 4 aromatic rings. The van der Waals surface area contributed by atoms with Gasteiger partial charge in [-0.2, -0.15) is 0 Å². The first-order chi connectivity index (χ1) is 23.6. The van der Waals surface area contributed by atoms with Crippen LogP contribution in [0.4, 0.5) is 4.79 Å². The summed E-state index contributed by atoms with van der Waals surface area (Å²) >= 11 is 0. The molecule has 258 valence electrons. The average molecular weight is 678 g/mol. The molecule has 49 heavy (non-hydrogen) atoms. The van der Waals surface area contributed by atoms with E-state index in [0.717, 1.165) is 23.3 Å². The van der Waals surface area contributed by atoms with E-state index in [0.29, 0.717) is 26.4 Å². The van der Waals surface area contributed by atoms with Crippen LogP contribution >= 0.6 is 0 Å². The minimum Gasteiger partial charge on any atom is -0.497 e. The van der Waals surface area contributed by atoms with E-state index in [1.807, 2.05) is 47.4 Å². The summed E-state index contributed by atoms with van der Waals surface area (Å²) in [6.07, 6.45) is 2.41.